The van der Waals surface area contributed by atoms with Crippen molar-refractivity contribution in [2.75, 3.05) is 6.54 Å². The van der Waals surface area contributed by atoms with Crippen LogP contribution in [0.2, 0.25) is 0 Å². The SMILES string of the molecule is Cc1nc(C)c2c(C)c(CNCC(C)Cn3cccn3)sc2n1. The van der Waals surface area contributed by atoms with Crippen LogP contribution in [0.15, 0.2) is 18.5 Å². The molecule has 0 radical (unpaired) electrons. The molecule has 0 fully saturated rings. The summed E-state index contributed by atoms with van der Waals surface area (Å²) in [5.41, 5.74) is 2.40. The molecule has 0 aliphatic rings. The van der Waals surface area contributed by atoms with Crippen molar-refractivity contribution in [3.8, 4) is 0 Å². The zero-order chi connectivity index (χ0) is 16.4. The van der Waals surface area contributed by atoms with Gasteiger partial charge in [0.2, 0.25) is 0 Å². The Morgan fingerprint density at radius 3 is 2.83 bits per heavy atom. The van der Waals surface area contributed by atoms with Crippen molar-refractivity contribution >= 4 is 21.6 Å². The molecule has 0 spiro atoms. The average Bonchev–Trinajstić information content (AvgIpc) is 3.07. The van der Waals surface area contributed by atoms with Gasteiger partial charge in [-0.2, -0.15) is 5.10 Å². The van der Waals surface area contributed by atoms with Gasteiger partial charge < -0.3 is 5.32 Å². The third kappa shape index (κ3) is 3.59. The van der Waals surface area contributed by atoms with Crippen LogP contribution in [0.3, 0.4) is 0 Å². The van der Waals surface area contributed by atoms with Crippen molar-refractivity contribution < 1.29 is 0 Å². The van der Waals surface area contributed by atoms with Crippen molar-refractivity contribution in [3.05, 3.63) is 40.4 Å². The topological polar surface area (TPSA) is 55.6 Å². The van der Waals surface area contributed by atoms with Gasteiger partial charge in [0, 0.05) is 41.4 Å². The Bertz CT molecular complexity index is 791. The lowest BCUT2D eigenvalue weighted by Gasteiger charge is -2.12. The molecule has 3 aromatic rings. The van der Waals surface area contributed by atoms with Gasteiger partial charge in [-0.1, -0.05) is 6.92 Å². The summed E-state index contributed by atoms with van der Waals surface area (Å²) in [4.78, 5) is 11.5. The summed E-state index contributed by atoms with van der Waals surface area (Å²) in [6.07, 6.45) is 3.84. The highest BCUT2D eigenvalue weighted by Gasteiger charge is 2.13. The second kappa shape index (κ2) is 6.76. The van der Waals surface area contributed by atoms with Crippen LogP contribution < -0.4 is 5.32 Å². The Hall–Kier alpha value is -1.79. The number of rotatable bonds is 6. The first-order valence-corrected chi connectivity index (χ1v) is 8.77. The summed E-state index contributed by atoms with van der Waals surface area (Å²) in [7, 11) is 0. The lowest BCUT2D eigenvalue weighted by Crippen LogP contribution is -2.23. The van der Waals surface area contributed by atoms with Crippen LogP contribution in [0.25, 0.3) is 10.2 Å². The summed E-state index contributed by atoms with van der Waals surface area (Å²) in [6, 6.07) is 1.96. The molecule has 3 rings (SSSR count). The minimum atomic E-state index is 0.536. The summed E-state index contributed by atoms with van der Waals surface area (Å²) < 4.78 is 1.98. The molecule has 0 amide bonds. The van der Waals surface area contributed by atoms with E-state index >= 15 is 0 Å². The molecule has 1 atom stereocenters. The quantitative estimate of drug-likeness (QED) is 0.754. The second-order valence-corrected chi connectivity index (χ2v) is 7.23. The zero-order valence-electron chi connectivity index (χ0n) is 14.1. The molecule has 0 bridgehead atoms. The van der Waals surface area contributed by atoms with Crippen molar-refractivity contribution in [2.24, 2.45) is 5.92 Å². The van der Waals surface area contributed by atoms with Gasteiger partial charge in [0.15, 0.2) is 0 Å². The van der Waals surface area contributed by atoms with Crippen LogP contribution >= 0.6 is 11.3 Å². The van der Waals surface area contributed by atoms with Crippen molar-refractivity contribution in [1.82, 2.24) is 25.1 Å². The first kappa shape index (κ1) is 16.1. The van der Waals surface area contributed by atoms with Crippen molar-refractivity contribution in [3.63, 3.8) is 0 Å². The maximum absolute atomic E-state index is 4.58. The van der Waals surface area contributed by atoms with E-state index in [1.54, 1.807) is 11.3 Å². The Morgan fingerprint density at radius 1 is 1.26 bits per heavy atom. The maximum Gasteiger partial charge on any atom is 0.127 e. The average molecular weight is 329 g/mol. The molecule has 23 heavy (non-hydrogen) atoms. The molecule has 3 aromatic heterocycles. The molecule has 1 N–H and O–H groups in total. The minimum Gasteiger partial charge on any atom is -0.312 e. The van der Waals surface area contributed by atoms with Crippen LogP contribution in [0.4, 0.5) is 0 Å². The third-order valence-electron chi connectivity index (χ3n) is 4.02. The summed E-state index contributed by atoms with van der Waals surface area (Å²) in [5, 5.41) is 9.05. The van der Waals surface area contributed by atoms with Crippen LogP contribution in [-0.4, -0.2) is 26.3 Å². The highest BCUT2D eigenvalue weighted by Crippen LogP contribution is 2.31. The van der Waals surface area contributed by atoms with Crippen molar-refractivity contribution in [2.45, 2.75) is 40.8 Å². The van der Waals surface area contributed by atoms with Gasteiger partial charge in [-0.3, -0.25) is 4.68 Å². The number of nitrogens with one attached hydrogen (secondary N) is 1. The van der Waals surface area contributed by atoms with Crippen LogP contribution in [0.5, 0.6) is 0 Å². The fourth-order valence-electron chi connectivity index (χ4n) is 2.91. The fraction of sp³-hybridized carbons (Fsp3) is 0.471. The highest BCUT2D eigenvalue weighted by atomic mass is 32.1. The fourth-order valence-corrected chi connectivity index (χ4v) is 4.16. The minimum absolute atomic E-state index is 0.536. The van der Waals surface area contributed by atoms with Gasteiger partial charge in [0.05, 0.1) is 0 Å². The summed E-state index contributed by atoms with van der Waals surface area (Å²) in [5.74, 6) is 1.39. The molecule has 5 nitrogen and oxygen atoms in total. The van der Waals surface area contributed by atoms with E-state index in [9.17, 15) is 0 Å². The molecule has 0 saturated heterocycles. The van der Waals surface area contributed by atoms with E-state index < -0.39 is 0 Å². The van der Waals surface area contributed by atoms with E-state index in [1.807, 2.05) is 30.1 Å². The van der Waals surface area contributed by atoms with Gasteiger partial charge in [0.25, 0.3) is 0 Å². The molecule has 0 saturated carbocycles. The van der Waals surface area contributed by atoms with Gasteiger partial charge in [-0.15, -0.1) is 11.3 Å². The number of nitrogens with zero attached hydrogens (tertiary/aromatic N) is 4. The molecule has 0 aromatic carbocycles. The number of aromatic nitrogens is 4. The molecule has 1 unspecified atom stereocenters. The second-order valence-electron chi connectivity index (χ2n) is 6.15. The number of aryl methyl sites for hydroxylation is 3. The van der Waals surface area contributed by atoms with E-state index in [0.29, 0.717) is 5.92 Å². The van der Waals surface area contributed by atoms with Gasteiger partial charge >= 0.3 is 0 Å². The van der Waals surface area contributed by atoms with Crippen LogP contribution in [0, 0.1) is 26.7 Å². The number of thiophene rings is 1. The molecule has 3 heterocycles. The Morgan fingerprint density at radius 2 is 2.09 bits per heavy atom. The molecule has 122 valence electrons. The van der Waals surface area contributed by atoms with E-state index in [2.05, 4.69) is 41.2 Å². The summed E-state index contributed by atoms with van der Waals surface area (Å²) in [6.45, 7) is 11.2. The normalized spacial score (nSPS) is 12.9. The number of hydrogen-bond donors (Lipinski definition) is 1. The van der Waals surface area contributed by atoms with Gasteiger partial charge in [-0.05, 0) is 44.9 Å². The lowest BCUT2D eigenvalue weighted by molar-refractivity contribution is 0.422. The third-order valence-corrected chi connectivity index (χ3v) is 5.20. The first-order valence-electron chi connectivity index (χ1n) is 7.96. The van der Waals surface area contributed by atoms with E-state index in [4.69, 9.17) is 0 Å². The molecule has 0 aliphatic heterocycles. The van der Waals surface area contributed by atoms with Gasteiger partial charge in [-0.25, -0.2) is 9.97 Å². The van der Waals surface area contributed by atoms with E-state index in [-0.39, 0.29) is 0 Å². The van der Waals surface area contributed by atoms with E-state index in [1.165, 1.54) is 15.8 Å². The predicted octanol–water partition coefficient (Wildman–Crippen LogP) is 3.24. The largest absolute Gasteiger partial charge is 0.312 e. The Labute approximate surface area is 140 Å². The number of hydrogen-bond acceptors (Lipinski definition) is 5. The van der Waals surface area contributed by atoms with Crippen molar-refractivity contribution in [1.29, 1.82) is 0 Å². The molecule has 0 aliphatic carbocycles. The van der Waals surface area contributed by atoms with E-state index in [0.717, 1.165) is 36.0 Å². The smallest absolute Gasteiger partial charge is 0.127 e. The van der Waals surface area contributed by atoms with Crippen LogP contribution in [-0.2, 0) is 13.1 Å². The molecule has 6 heteroatoms. The Balaban J connectivity index is 1.63. The molecular formula is C17H23N5S. The van der Waals surface area contributed by atoms with Gasteiger partial charge in [0.1, 0.15) is 10.7 Å². The monoisotopic (exact) mass is 329 g/mol. The predicted molar refractivity (Wildman–Crippen MR) is 94.7 cm³/mol. The standard InChI is InChI=1S/C17H23N5S/c1-11(10-22-7-5-6-19-22)8-18-9-15-12(2)16-13(3)20-14(4)21-17(16)23-15/h5-7,11,18H,8-10H2,1-4H3. The Kier molecular flexibility index (Phi) is 4.73. The molecular weight excluding hydrogens is 306 g/mol. The number of fused-ring (bicyclic) bond motifs is 1. The van der Waals surface area contributed by atoms with Crippen LogP contribution in [0.1, 0.15) is 28.9 Å². The maximum atomic E-state index is 4.58. The zero-order valence-corrected chi connectivity index (χ0v) is 14.9. The highest BCUT2D eigenvalue weighted by molar-refractivity contribution is 7.18. The first-order chi connectivity index (χ1) is 11.0. The lowest BCUT2D eigenvalue weighted by atomic mass is 10.1. The summed E-state index contributed by atoms with van der Waals surface area (Å²) >= 11 is 1.78.